The van der Waals surface area contributed by atoms with Crippen molar-refractivity contribution in [3.63, 3.8) is 0 Å². The molecule has 0 unspecified atom stereocenters. The first kappa shape index (κ1) is 12.5. The van der Waals surface area contributed by atoms with Crippen molar-refractivity contribution in [3.05, 3.63) is 48.9 Å². The van der Waals surface area contributed by atoms with Crippen molar-refractivity contribution >= 4 is 0 Å². The maximum atomic E-state index is 4.62. The Labute approximate surface area is 117 Å². The Kier molecular flexibility index (Phi) is 3.25. The summed E-state index contributed by atoms with van der Waals surface area (Å²) in [6.07, 6.45) is 5.02. The summed E-state index contributed by atoms with van der Waals surface area (Å²) in [5.41, 5.74) is 1.73. The fourth-order valence-corrected chi connectivity index (χ4v) is 1.98. The van der Waals surface area contributed by atoms with Crippen molar-refractivity contribution < 1.29 is 0 Å². The fraction of sp³-hybridized carbons (Fsp3) is 0.200. The van der Waals surface area contributed by atoms with E-state index in [1.807, 2.05) is 35.0 Å². The van der Waals surface area contributed by atoms with Crippen LogP contribution in [0.15, 0.2) is 48.9 Å². The lowest BCUT2D eigenvalue weighted by Gasteiger charge is -2.07. The summed E-state index contributed by atoms with van der Waals surface area (Å²) >= 11 is 0. The first-order chi connectivity index (χ1) is 9.75. The third kappa shape index (κ3) is 2.30. The first-order valence-corrected chi connectivity index (χ1v) is 6.54. The summed E-state index contributed by atoms with van der Waals surface area (Å²) in [5, 5.41) is 4.59. The van der Waals surface area contributed by atoms with Gasteiger partial charge in [-0.2, -0.15) is 5.10 Å². The Bertz CT molecular complexity index is 689. The number of hydrogen-bond donors (Lipinski definition) is 0. The minimum Gasteiger partial charge on any atom is -0.261 e. The van der Waals surface area contributed by atoms with Gasteiger partial charge < -0.3 is 0 Å². The number of hydrogen-bond acceptors (Lipinski definition) is 4. The molecule has 0 aliphatic carbocycles. The number of nitrogens with zero attached hydrogens (tertiary/aromatic N) is 5. The minimum atomic E-state index is 0.206. The average molecular weight is 265 g/mol. The van der Waals surface area contributed by atoms with Gasteiger partial charge in [0.2, 0.25) is 0 Å². The molecule has 5 heteroatoms. The minimum absolute atomic E-state index is 0.206. The predicted molar refractivity (Wildman–Crippen MR) is 76.9 cm³/mol. The molecular weight excluding hydrogens is 250 g/mol. The highest BCUT2D eigenvalue weighted by Crippen LogP contribution is 2.22. The zero-order chi connectivity index (χ0) is 13.9. The molecule has 100 valence electrons. The molecule has 0 N–H and O–H groups in total. The molecule has 20 heavy (non-hydrogen) atoms. The van der Waals surface area contributed by atoms with E-state index in [0.717, 1.165) is 17.1 Å². The summed E-state index contributed by atoms with van der Waals surface area (Å²) in [7, 11) is 0. The molecule has 0 spiro atoms. The quantitative estimate of drug-likeness (QED) is 0.730. The maximum Gasteiger partial charge on any atom is 0.181 e. The van der Waals surface area contributed by atoms with Crippen LogP contribution in [-0.2, 0) is 0 Å². The summed E-state index contributed by atoms with van der Waals surface area (Å²) in [6.45, 7) is 4.15. The van der Waals surface area contributed by atoms with Crippen molar-refractivity contribution in [1.82, 2.24) is 24.7 Å². The molecule has 0 saturated carbocycles. The van der Waals surface area contributed by atoms with E-state index in [1.165, 1.54) is 0 Å². The molecule has 0 radical (unpaired) electrons. The van der Waals surface area contributed by atoms with Crippen LogP contribution in [0.5, 0.6) is 0 Å². The lowest BCUT2D eigenvalue weighted by Crippen LogP contribution is -2.06. The smallest absolute Gasteiger partial charge is 0.181 e. The van der Waals surface area contributed by atoms with Gasteiger partial charge in [0.25, 0.3) is 0 Å². The van der Waals surface area contributed by atoms with Gasteiger partial charge in [-0.1, -0.05) is 30.3 Å². The summed E-state index contributed by atoms with van der Waals surface area (Å²) in [5.74, 6) is 1.45. The first-order valence-electron chi connectivity index (χ1n) is 6.54. The van der Waals surface area contributed by atoms with Gasteiger partial charge in [-0.25, -0.2) is 14.6 Å². The molecule has 0 saturated heterocycles. The lowest BCUT2D eigenvalue weighted by molar-refractivity contribution is 0.538. The van der Waals surface area contributed by atoms with Crippen molar-refractivity contribution in [2.24, 2.45) is 0 Å². The van der Waals surface area contributed by atoms with E-state index in [2.05, 4.69) is 33.9 Å². The normalized spacial score (nSPS) is 10.9. The van der Waals surface area contributed by atoms with E-state index in [-0.39, 0.29) is 6.04 Å². The van der Waals surface area contributed by atoms with Gasteiger partial charge in [0.1, 0.15) is 5.69 Å². The van der Waals surface area contributed by atoms with Crippen LogP contribution in [0.2, 0.25) is 0 Å². The molecule has 2 heterocycles. The van der Waals surface area contributed by atoms with Crippen molar-refractivity contribution in [3.8, 4) is 22.9 Å². The van der Waals surface area contributed by atoms with Gasteiger partial charge in [-0.15, -0.1) is 0 Å². The molecule has 0 bridgehead atoms. The molecule has 5 nitrogen and oxygen atoms in total. The third-order valence-electron chi connectivity index (χ3n) is 2.94. The molecule has 0 aliphatic heterocycles. The Balaban J connectivity index is 2.13. The highest BCUT2D eigenvalue weighted by molar-refractivity contribution is 5.58. The van der Waals surface area contributed by atoms with Gasteiger partial charge in [-0.3, -0.25) is 4.98 Å². The molecule has 0 aliphatic rings. The monoisotopic (exact) mass is 265 g/mol. The van der Waals surface area contributed by atoms with E-state index in [1.54, 1.807) is 18.6 Å². The van der Waals surface area contributed by atoms with Crippen LogP contribution >= 0.6 is 0 Å². The standard InChI is InChI=1S/C15H15N5/c1-11(2)20-15(13-10-16-8-9-17-13)18-14(19-20)12-6-4-3-5-7-12/h3-11H,1-2H3. The number of benzene rings is 1. The lowest BCUT2D eigenvalue weighted by atomic mass is 10.2. The topological polar surface area (TPSA) is 56.5 Å². The van der Waals surface area contributed by atoms with Crippen LogP contribution in [0.1, 0.15) is 19.9 Å². The van der Waals surface area contributed by atoms with Gasteiger partial charge in [0.15, 0.2) is 11.6 Å². The SMILES string of the molecule is CC(C)n1nc(-c2ccccc2)nc1-c1cnccn1. The summed E-state index contributed by atoms with van der Waals surface area (Å²) < 4.78 is 1.88. The fourth-order valence-electron chi connectivity index (χ4n) is 1.98. The van der Waals surface area contributed by atoms with E-state index < -0.39 is 0 Å². The van der Waals surface area contributed by atoms with Crippen molar-refractivity contribution in [2.75, 3.05) is 0 Å². The number of aromatic nitrogens is 5. The Hall–Kier alpha value is -2.56. The second-order valence-corrected chi connectivity index (χ2v) is 4.75. The van der Waals surface area contributed by atoms with Gasteiger partial charge >= 0.3 is 0 Å². The second kappa shape index (κ2) is 5.21. The molecule has 3 aromatic rings. The zero-order valence-corrected chi connectivity index (χ0v) is 11.4. The van der Waals surface area contributed by atoms with Crippen LogP contribution in [0, 0.1) is 0 Å². The molecular formula is C15H15N5. The summed E-state index contributed by atoms with van der Waals surface area (Å²) in [6, 6.07) is 10.1. The largest absolute Gasteiger partial charge is 0.261 e. The molecule has 2 aromatic heterocycles. The van der Waals surface area contributed by atoms with Crippen LogP contribution in [0.3, 0.4) is 0 Å². The summed E-state index contributed by atoms with van der Waals surface area (Å²) in [4.78, 5) is 13.0. The Morgan fingerprint density at radius 2 is 1.85 bits per heavy atom. The zero-order valence-electron chi connectivity index (χ0n) is 11.4. The van der Waals surface area contributed by atoms with Crippen LogP contribution in [-0.4, -0.2) is 24.7 Å². The molecule has 0 atom stereocenters. The Morgan fingerprint density at radius 3 is 2.50 bits per heavy atom. The maximum absolute atomic E-state index is 4.62. The molecule has 0 amide bonds. The highest BCUT2D eigenvalue weighted by atomic mass is 15.4. The van der Waals surface area contributed by atoms with Crippen molar-refractivity contribution in [1.29, 1.82) is 0 Å². The van der Waals surface area contributed by atoms with Gasteiger partial charge in [0, 0.05) is 24.0 Å². The van der Waals surface area contributed by atoms with E-state index in [9.17, 15) is 0 Å². The van der Waals surface area contributed by atoms with Crippen LogP contribution in [0.25, 0.3) is 22.9 Å². The molecule has 0 fully saturated rings. The third-order valence-corrected chi connectivity index (χ3v) is 2.94. The average Bonchev–Trinajstić information content (AvgIpc) is 2.94. The Morgan fingerprint density at radius 1 is 1.05 bits per heavy atom. The second-order valence-electron chi connectivity index (χ2n) is 4.75. The van der Waals surface area contributed by atoms with Gasteiger partial charge in [-0.05, 0) is 13.8 Å². The van der Waals surface area contributed by atoms with Crippen LogP contribution < -0.4 is 0 Å². The van der Waals surface area contributed by atoms with Crippen LogP contribution in [0.4, 0.5) is 0 Å². The molecule has 3 rings (SSSR count). The number of rotatable bonds is 3. The van der Waals surface area contributed by atoms with E-state index in [0.29, 0.717) is 5.82 Å². The van der Waals surface area contributed by atoms with Crippen molar-refractivity contribution in [2.45, 2.75) is 19.9 Å². The van der Waals surface area contributed by atoms with Gasteiger partial charge in [0.05, 0.1) is 6.20 Å². The molecule has 1 aromatic carbocycles. The highest BCUT2D eigenvalue weighted by Gasteiger charge is 2.16. The van der Waals surface area contributed by atoms with E-state index in [4.69, 9.17) is 0 Å². The predicted octanol–water partition coefficient (Wildman–Crippen LogP) is 2.98. The van der Waals surface area contributed by atoms with E-state index >= 15 is 0 Å².